The van der Waals surface area contributed by atoms with Crippen LogP contribution in [-0.4, -0.2) is 49.6 Å². The van der Waals surface area contributed by atoms with Gasteiger partial charge in [-0.25, -0.2) is 14.6 Å². The topological polar surface area (TPSA) is 145 Å². The van der Waals surface area contributed by atoms with Crippen molar-refractivity contribution in [2.24, 2.45) is 5.16 Å². The number of ether oxygens (including phenoxy) is 1. The zero-order chi connectivity index (χ0) is 18.7. The van der Waals surface area contributed by atoms with Crippen molar-refractivity contribution in [3.63, 3.8) is 0 Å². The van der Waals surface area contributed by atoms with E-state index in [0.29, 0.717) is 12.3 Å². The first-order valence-electron chi connectivity index (χ1n) is 7.29. The molecule has 9 nitrogen and oxygen atoms in total. The van der Waals surface area contributed by atoms with E-state index in [2.05, 4.69) is 15.1 Å². The van der Waals surface area contributed by atoms with E-state index < -0.39 is 11.9 Å². The highest BCUT2D eigenvalue weighted by atomic mass is 16.5. The molecule has 2 rings (SSSR count). The molecule has 0 aliphatic rings. The summed E-state index contributed by atoms with van der Waals surface area (Å²) in [5.41, 5.74) is 2.54. The lowest BCUT2D eigenvalue weighted by Gasteiger charge is -2.07. The van der Waals surface area contributed by atoms with E-state index in [-0.39, 0.29) is 0 Å². The average Bonchev–Trinajstić information content (AvgIpc) is 3.12. The van der Waals surface area contributed by atoms with Crippen LogP contribution < -0.4 is 4.74 Å². The van der Waals surface area contributed by atoms with Crippen molar-refractivity contribution in [2.45, 2.75) is 19.8 Å². The number of carbonyl (C=O) groups is 2. The van der Waals surface area contributed by atoms with Crippen LogP contribution in [0.1, 0.15) is 24.6 Å². The number of nitrogens with zero attached hydrogens (tertiary/aromatic N) is 2. The van der Waals surface area contributed by atoms with Gasteiger partial charge in [0.15, 0.2) is 0 Å². The summed E-state index contributed by atoms with van der Waals surface area (Å²) in [5, 5.41) is 26.7. The number of H-pyrrole nitrogens is 1. The van der Waals surface area contributed by atoms with Crippen LogP contribution >= 0.6 is 0 Å². The highest BCUT2D eigenvalue weighted by Crippen LogP contribution is 2.14. The molecule has 0 saturated heterocycles. The maximum Gasteiger partial charge on any atom is 0.414 e. The number of aryl methyl sites for hydroxylation is 1. The summed E-state index contributed by atoms with van der Waals surface area (Å²) < 4.78 is 5.67. The third kappa shape index (κ3) is 7.64. The molecule has 1 aromatic heterocycles. The predicted octanol–water partition coefficient (Wildman–Crippen LogP) is 1.78. The zero-order valence-corrected chi connectivity index (χ0v) is 13.5. The fraction of sp³-hybridized carbons (Fsp3) is 0.250. The van der Waals surface area contributed by atoms with Crippen molar-refractivity contribution in [3.05, 3.63) is 48.0 Å². The van der Waals surface area contributed by atoms with Crippen LogP contribution in [0, 0.1) is 0 Å². The Hall–Kier alpha value is -3.36. The quantitative estimate of drug-likeness (QED) is 0.204. The monoisotopic (exact) mass is 349 g/mol. The number of benzene rings is 1. The Labute approximate surface area is 143 Å². The molecule has 0 bridgehead atoms. The average molecular weight is 349 g/mol. The van der Waals surface area contributed by atoms with Gasteiger partial charge in [-0.1, -0.05) is 17.3 Å². The number of aromatic amines is 1. The van der Waals surface area contributed by atoms with Gasteiger partial charge in [-0.2, -0.15) is 0 Å². The van der Waals surface area contributed by atoms with Crippen LogP contribution in [-0.2, 0) is 16.0 Å². The second-order valence-electron chi connectivity index (χ2n) is 4.85. The summed E-state index contributed by atoms with van der Waals surface area (Å²) in [6.45, 7) is 2.38. The standard InChI is InChI=1S/C14H17N3O2.C2H2O4/c1-11(17-18)12-4-2-6-14(8-12)19-7-3-5-13-9-15-10-16-13;3-1(4)2(5)6/h2,4,6,8-10,18H,3,5,7H2,1H3,(H,15,16);(H,3,4)(H,5,6)/b17-11+;. The van der Waals surface area contributed by atoms with Crippen LogP contribution in [0.5, 0.6) is 5.75 Å². The van der Waals surface area contributed by atoms with Crippen molar-refractivity contribution in [1.82, 2.24) is 9.97 Å². The van der Waals surface area contributed by atoms with Gasteiger partial charge in [-0.3, -0.25) is 0 Å². The predicted molar refractivity (Wildman–Crippen MR) is 88.1 cm³/mol. The van der Waals surface area contributed by atoms with E-state index in [1.807, 2.05) is 30.5 Å². The molecule has 9 heteroatoms. The van der Waals surface area contributed by atoms with Crippen LogP contribution in [0.3, 0.4) is 0 Å². The lowest BCUT2D eigenvalue weighted by atomic mass is 10.1. The molecule has 0 aliphatic heterocycles. The molecular weight excluding hydrogens is 330 g/mol. The lowest BCUT2D eigenvalue weighted by molar-refractivity contribution is -0.159. The summed E-state index contributed by atoms with van der Waals surface area (Å²) in [6.07, 6.45) is 5.33. The minimum Gasteiger partial charge on any atom is -0.494 e. The van der Waals surface area contributed by atoms with Crippen LogP contribution in [0.4, 0.5) is 0 Å². The highest BCUT2D eigenvalue weighted by Gasteiger charge is 2.04. The molecule has 0 atom stereocenters. The number of nitrogens with one attached hydrogen (secondary N) is 1. The Morgan fingerprint density at radius 1 is 1.28 bits per heavy atom. The van der Waals surface area contributed by atoms with Gasteiger partial charge in [0.05, 0.1) is 18.6 Å². The van der Waals surface area contributed by atoms with Crippen LogP contribution in [0.15, 0.2) is 41.9 Å². The number of aliphatic carboxylic acids is 2. The number of hydrogen-bond donors (Lipinski definition) is 4. The first-order valence-corrected chi connectivity index (χ1v) is 7.29. The molecule has 1 aromatic carbocycles. The van der Waals surface area contributed by atoms with E-state index in [1.54, 1.807) is 13.3 Å². The van der Waals surface area contributed by atoms with E-state index in [4.69, 9.17) is 29.7 Å². The van der Waals surface area contributed by atoms with Gasteiger partial charge < -0.3 is 25.1 Å². The summed E-state index contributed by atoms with van der Waals surface area (Å²) >= 11 is 0. The Bertz CT molecular complexity index is 700. The van der Waals surface area contributed by atoms with Crippen molar-refractivity contribution < 1.29 is 29.7 Å². The highest BCUT2D eigenvalue weighted by molar-refractivity contribution is 6.27. The Morgan fingerprint density at radius 3 is 2.56 bits per heavy atom. The number of imidazole rings is 1. The first kappa shape index (κ1) is 19.7. The maximum atomic E-state index is 9.10. The summed E-state index contributed by atoms with van der Waals surface area (Å²) in [5.74, 6) is -2.87. The molecule has 2 aromatic rings. The lowest BCUT2D eigenvalue weighted by Crippen LogP contribution is -2.09. The molecule has 0 aliphatic carbocycles. The van der Waals surface area contributed by atoms with Gasteiger partial charge >= 0.3 is 11.9 Å². The van der Waals surface area contributed by atoms with E-state index in [1.165, 1.54) is 0 Å². The fourth-order valence-electron chi connectivity index (χ4n) is 1.74. The third-order valence-electron chi connectivity index (χ3n) is 3.00. The molecule has 0 spiro atoms. The Balaban J connectivity index is 0.000000450. The fourth-order valence-corrected chi connectivity index (χ4v) is 1.74. The normalized spacial score (nSPS) is 10.5. The van der Waals surface area contributed by atoms with Crippen molar-refractivity contribution >= 4 is 17.7 Å². The molecule has 0 unspecified atom stereocenters. The summed E-state index contributed by atoms with van der Waals surface area (Å²) in [4.78, 5) is 25.2. The molecule has 134 valence electrons. The van der Waals surface area contributed by atoms with E-state index in [9.17, 15) is 0 Å². The van der Waals surface area contributed by atoms with Gasteiger partial charge in [0.25, 0.3) is 0 Å². The van der Waals surface area contributed by atoms with Crippen molar-refractivity contribution in [3.8, 4) is 5.75 Å². The molecule has 0 radical (unpaired) electrons. The van der Waals surface area contributed by atoms with Gasteiger partial charge in [0.1, 0.15) is 5.75 Å². The van der Waals surface area contributed by atoms with Gasteiger partial charge in [0, 0.05) is 17.5 Å². The number of carboxylic acid groups (broad SMARTS) is 2. The number of carboxylic acids is 2. The van der Waals surface area contributed by atoms with Crippen LogP contribution in [0.2, 0.25) is 0 Å². The minimum atomic E-state index is -1.82. The molecule has 0 saturated carbocycles. The SMILES string of the molecule is C/C(=N\O)c1cccc(OCCCc2cnc[nH]2)c1.O=C(O)C(=O)O. The second-order valence-corrected chi connectivity index (χ2v) is 4.85. The summed E-state index contributed by atoms with van der Waals surface area (Å²) in [6, 6.07) is 7.52. The van der Waals surface area contributed by atoms with Crippen molar-refractivity contribution in [2.75, 3.05) is 6.61 Å². The Morgan fingerprint density at radius 2 is 2.00 bits per heavy atom. The second kappa shape index (κ2) is 10.4. The number of aromatic nitrogens is 2. The van der Waals surface area contributed by atoms with Gasteiger partial charge in [-0.15, -0.1) is 0 Å². The number of rotatable bonds is 6. The Kier molecular flexibility index (Phi) is 8.21. The molecular formula is C16H19N3O6. The first-order chi connectivity index (χ1) is 11.9. The molecule has 0 fully saturated rings. The van der Waals surface area contributed by atoms with Crippen LogP contribution in [0.25, 0.3) is 0 Å². The van der Waals surface area contributed by atoms with Gasteiger partial charge in [-0.05, 0) is 31.9 Å². The van der Waals surface area contributed by atoms with Crippen molar-refractivity contribution in [1.29, 1.82) is 0 Å². The summed E-state index contributed by atoms with van der Waals surface area (Å²) in [7, 11) is 0. The minimum absolute atomic E-state index is 0.572. The smallest absolute Gasteiger partial charge is 0.414 e. The zero-order valence-electron chi connectivity index (χ0n) is 13.5. The molecule has 25 heavy (non-hydrogen) atoms. The number of hydrogen-bond acceptors (Lipinski definition) is 6. The molecule has 0 amide bonds. The molecule has 4 N–H and O–H groups in total. The van der Waals surface area contributed by atoms with E-state index >= 15 is 0 Å². The van der Waals surface area contributed by atoms with Gasteiger partial charge in [0.2, 0.25) is 0 Å². The largest absolute Gasteiger partial charge is 0.494 e. The van der Waals surface area contributed by atoms with E-state index in [0.717, 1.165) is 29.8 Å². The third-order valence-corrected chi connectivity index (χ3v) is 3.00. The molecule has 1 heterocycles. The number of oxime groups is 1. The maximum absolute atomic E-state index is 9.10.